The lowest BCUT2D eigenvalue weighted by Gasteiger charge is -1.94. The molecule has 2 heteroatoms. The number of aliphatic hydroxyl groups excluding tert-OH is 1. The van der Waals surface area contributed by atoms with Gasteiger partial charge in [0.2, 0.25) is 0 Å². The molecular weight excluding hydrogens is 136 g/mol. The molecule has 0 aliphatic carbocycles. The minimum absolute atomic E-state index is 0.0420. The fraction of sp³-hybridized carbons (Fsp3) is 0.143. The second-order valence-corrected chi connectivity index (χ2v) is 2.06. The molecule has 0 spiro atoms. The van der Waals surface area contributed by atoms with E-state index in [4.69, 9.17) is 16.7 Å². The summed E-state index contributed by atoms with van der Waals surface area (Å²) in [6.07, 6.45) is 0. The van der Waals surface area contributed by atoms with E-state index >= 15 is 0 Å². The SMILES string of the molecule is OCc1[c]cccc1Cl. The third-order valence-corrected chi connectivity index (χ3v) is 1.40. The molecule has 1 aromatic carbocycles. The fourth-order valence-electron chi connectivity index (χ4n) is 0.572. The van der Waals surface area contributed by atoms with Crippen LogP contribution in [-0.2, 0) is 6.61 Å². The van der Waals surface area contributed by atoms with Gasteiger partial charge in [0.05, 0.1) is 6.61 Å². The van der Waals surface area contributed by atoms with E-state index in [0.717, 1.165) is 0 Å². The fourth-order valence-corrected chi connectivity index (χ4v) is 0.759. The Morgan fingerprint density at radius 3 is 2.89 bits per heavy atom. The Morgan fingerprint density at radius 2 is 2.44 bits per heavy atom. The molecule has 1 radical (unpaired) electrons. The molecule has 0 saturated heterocycles. The van der Waals surface area contributed by atoms with E-state index in [1.807, 2.05) is 0 Å². The van der Waals surface area contributed by atoms with Gasteiger partial charge in [0, 0.05) is 10.6 Å². The first-order valence-electron chi connectivity index (χ1n) is 2.60. The second kappa shape index (κ2) is 2.85. The lowest BCUT2D eigenvalue weighted by molar-refractivity contribution is 0.281. The maximum Gasteiger partial charge on any atom is 0.0702 e. The van der Waals surface area contributed by atoms with Gasteiger partial charge in [-0.1, -0.05) is 23.7 Å². The lowest BCUT2D eigenvalue weighted by Crippen LogP contribution is -1.82. The van der Waals surface area contributed by atoms with Crippen LogP contribution >= 0.6 is 11.6 Å². The van der Waals surface area contributed by atoms with Crippen LogP contribution in [0.25, 0.3) is 0 Å². The molecule has 0 aromatic heterocycles. The first-order chi connectivity index (χ1) is 4.34. The number of hydrogen-bond acceptors (Lipinski definition) is 1. The summed E-state index contributed by atoms with van der Waals surface area (Å²) in [4.78, 5) is 0. The van der Waals surface area contributed by atoms with Gasteiger partial charge in [-0.2, -0.15) is 0 Å². The summed E-state index contributed by atoms with van der Waals surface area (Å²) in [5, 5.41) is 9.17. The molecule has 0 bridgehead atoms. The van der Waals surface area contributed by atoms with Gasteiger partial charge in [-0.05, 0) is 12.1 Å². The van der Waals surface area contributed by atoms with Gasteiger partial charge in [-0.15, -0.1) is 0 Å². The lowest BCUT2D eigenvalue weighted by atomic mass is 10.2. The number of aliphatic hydroxyl groups is 1. The van der Waals surface area contributed by atoms with Crippen LogP contribution in [0.5, 0.6) is 0 Å². The molecular formula is C7H6ClO. The predicted octanol–water partition coefficient (Wildman–Crippen LogP) is 1.63. The largest absolute Gasteiger partial charge is 0.392 e. The molecule has 1 aromatic rings. The average molecular weight is 142 g/mol. The van der Waals surface area contributed by atoms with Gasteiger partial charge in [-0.25, -0.2) is 0 Å². The van der Waals surface area contributed by atoms with Crippen molar-refractivity contribution in [3.8, 4) is 0 Å². The van der Waals surface area contributed by atoms with Crippen LogP contribution < -0.4 is 0 Å². The van der Waals surface area contributed by atoms with E-state index in [9.17, 15) is 0 Å². The highest BCUT2D eigenvalue weighted by Crippen LogP contribution is 2.13. The monoisotopic (exact) mass is 141 g/mol. The first kappa shape index (κ1) is 6.59. The molecule has 1 nitrogen and oxygen atoms in total. The summed E-state index contributed by atoms with van der Waals surface area (Å²) in [5.74, 6) is 0. The van der Waals surface area contributed by atoms with E-state index < -0.39 is 0 Å². The standard InChI is InChI=1S/C7H6ClO/c8-7-4-2-1-3-6(7)5-9/h1-2,4,9H,5H2. The van der Waals surface area contributed by atoms with Crippen molar-refractivity contribution in [1.82, 2.24) is 0 Å². The number of halogens is 1. The number of hydrogen-bond donors (Lipinski definition) is 1. The number of benzene rings is 1. The van der Waals surface area contributed by atoms with Gasteiger partial charge in [0.15, 0.2) is 0 Å². The summed E-state index contributed by atoms with van der Waals surface area (Å²) >= 11 is 5.63. The van der Waals surface area contributed by atoms with Crippen molar-refractivity contribution >= 4 is 11.6 Å². The molecule has 1 rings (SSSR count). The Labute approximate surface area is 58.9 Å². The minimum atomic E-state index is -0.0420. The van der Waals surface area contributed by atoms with Crippen LogP contribution in [0.2, 0.25) is 5.02 Å². The van der Waals surface area contributed by atoms with E-state index in [-0.39, 0.29) is 6.61 Å². The third kappa shape index (κ3) is 1.44. The molecule has 0 aliphatic heterocycles. The molecule has 0 aliphatic rings. The third-order valence-electron chi connectivity index (χ3n) is 1.04. The molecule has 0 heterocycles. The van der Waals surface area contributed by atoms with Crippen molar-refractivity contribution in [2.45, 2.75) is 6.61 Å². The van der Waals surface area contributed by atoms with Crippen molar-refractivity contribution < 1.29 is 5.11 Å². The Hall–Kier alpha value is -0.530. The smallest absolute Gasteiger partial charge is 0.0702 e. The zero-order valence-corrected chi connectivity index (χ0v) is 5.52. The zero-order chi connectivity index (χ0) is 6.69. The second-order valence-electron chi connectivity index (χ2n) is 1.65. The molecule has 0 unspecified atom stereocenters. The summed E-state index contributed by atoms with van der Waals surface area (Å²) in [5.41, 5.74) is 0.652. The van der Waals surface area contributed by atoms with Crippen molar-refractivity contribution in [3.05, 3.63) is 34.9 Å². The highest BCUT2D eigenvalue weighted by molar-refractivity contribution is 6.31. The van der Waals surface area contributed by atoms with Crippen LogP contribution in [0.4, 0.5) is 0 Å². The van der Waals surface area contributed by atoms with E-state index in [2.05, 4.69) is 6.07 Å². The van der Waals surface area contributed by atoms with Crippen LogP contribution in [0.15, 0.2) is 18.2 Å². The summed E-state index contributed by atoms with van der Waals surface area (Å²) in [6.45, 7) is -0.0420. The highest BCUT2D eigenvalue weighted by Gasteiger charge is 1.93. The van der Waals surface area contributed by atoms with Crippen molar-refractivity contribution in [2.75, 3.05) is 0 Å². The van der Waals surface area contributed by atoms with Gasteiger partial charge in [-0.3, -0.25) is 0 Å². The van der Waals surface area contributed by atoms with Crippen molar-refractivity contribution in [3.63, 3.8) is 0 Å². The van der Waals surface area contributed by atoms with Crippen LogP contribution in [0.3, 0.4) is 0 Å². The Bertz CT molecular complexity index is 198. The van der Waals surface area contributed by atoms with Crippen molar-refractivity contribution in [1.29, 1.82) is 0 Å². The molecule has 0 atom stereocenters. The summed E-state index contributed by atoms with van der Waals surface area (Å²) in [7, 11) is 0. The molecule has 47 valence electrons. The molecule has 0 saturated carbocycles. The minimum Gasteiger partial charge on any atom is -0.392 e. The quantitative estimate of drug-likeness (QED) is 0.631. The highest BCUT2D eigenvalue weighted by atomic mass is 35.5. The molecule has 1 N–H and O–H groups in total. The van der Waals surface area contributed by atoms with Crippen LogP contribution in [0.1, 0.15) is 5.56 Å². The van der Waals surface area contributed by atoms with Gasteiger partial charge >= 0.3 is 0 Å². The van der Waals surface area contributed by atoms with Crippen LogP contribution in [-0.4, -0.2) is 5.11 Å². The summed E-state index contributed by atoms with van der Waals surface area (Å²) < 4.78 is 0. The van der Waals surface area contributed by atoms with Gasteiger partial charge < -0.3 is 5.11 Å². The maximum absolute atomic E-state index is 8.60. The van der Waals surface area contributed by atoms with Crippen LogP contribution in [0, 0.1) is 6.07 Å². The molecule has 9 heavy (non-hydrogen) atoms. The van der Waals surface area contributed by atoms with E-state index in [1.165, 1.54) is 0 Å². The Kier molecular flexibility index (Phi) is 2.09. The van der Waals surface area contributed by atoms with Crippen molar-refractivity contribution in [2.24, 2.45) is 0 Å². The normalized spacial score (nSPS) is 9.56. The van der Waals surface area contributed by atoms with E-state index in [0.29, 0.717) is 10.6 Å². The topological polar surface area (TPSA) is 20.2 Å². The Morgan fingerprint density at radius 1 is 1.67 bits per heavy atom. The first-order valence-corrected chi connectivity index (χ1v) is 2.98. The molecule has 0 fully saturated rings. The predicted molar refractivity (Wildman–Crippen MR) is 36.2 cm³/mol. The maximum atomic E-state index is 8.60. The summed E-state index contributed by atoms with van der Waals surface area (Å²) in [6, 6.07) is 8.03. The Balaban J connectivity index is 3.01. The average Bonchev–Trinajstić information content (AvgIpc) is 1.89. The van der Waals surface area contributed by atoms with Gasteiger partial charge in [0.25, 0.3) is 0 Å². The number of rotatable bonds is 1. The van der Waals surface area contributed by atoms with E-state index in [1.54, 1.807) is 18.2 Å². The van der Waals surface area contributed by atoms with Gasteiger partial charge in [0.1, 0.15) is 0 Å². The molecule has 0 amide bonds. The zero-order valence-electron chi connectivity index (χ0n) is 4.76.